The first-order valence-corrected chi connectivity index (χ1v) is 11.9. The molecule has 180 valence electrons. The van der Waals surface area contributed by atoms with Crippen LogP contribution < -0.4 is 10.2 Å². The number of piperazine rings is 1. The van der Waals surface area contributed by atoms with Crippen LogP contribution >= 0.6 is 0 Å². The van der Waals surface area contributed by atoms with Gasteiger partial charge in [0.05, 0.1) is 17.8 Å². The minimum Gasteiger partial charge on any atom is -0.478 e. The predicted molar refractivity (Wildman–Crippen MR) is 132 cm³/mol. The Morgan fingerprint density at radius 2 is 1.65 bits per heavy atom. The van der Waals surface area contributed by atoms with E-state index in [2.05, 4.69) is 15.1 Å². The smallest absolute Gasteiger partial charge is 0.337 e. The number of piperidine rings is 1. The maximum Gasteiger partial charge on any atom is 0.337 e. The third-order valence-electron chi connectivity index (χ3n) is 6.57. The van der Waals surface area contributed by atoms with Crippen molar-refractivity contribution in [1.29, 1.82) is 0 Å². The number of rotatable bonds is 6. The maximum atomic E-state index is 12.6. The number of carboxylic acid groups (broad SMARTS) is 1. The van der Waals surface area contributed by atoms with E-state index < -0.39 is 5.97 Å². The van der Waals surface area contributed by atoms with Crippen molar-refractivity contribution in [3.05, 3.63) is 59.2 Å². The summed E-state index contributed by atoms with van der Waals surface area (Å²) in [7, 11) is 0. The number of likely N-dealkylation sites (tertiary alicyclic amines) is 1. The van der Waals surface area contributed by atoms with E-state index in [9.17, 15) is 19.5 Å². The fourth-order valence-electron chi connectivity index (χ4n) is 4.59. The number of carboxylic acids is 1. The van der Waals surface area contributed by atoms with Gasteiger partial charge in [-0.05, 0) is 56.5 Å². The molecule has 2 aromatic carbocycles. The van der Waals surface area contributed by atoms with Gasteiger partial charge in [-0.15, -0.1) is 0 Å². The van der Waals surface area contributed by atoms with Crippen molar-refractivity contribution in [2.24, 2.45) is 0 Å². The van der Waals surface area contributed by atoms with Gasteiger partial charge in [-0.25, -0.2) is 4.79 Å². The van der Waals surface area contributed by atoms with Crippen LogP contribution in [-0.4, -0.2) is 78.5 Å². The lowest BCUT2D eigenvalue weighted by molar-refractivity contribution is -0.133. The van der Waals surface area contributed by atoms with Gasteiger partial charge in [-0.2, -0.15) is 0 Å². The molecule has 2 N–H and O–H groups in total. The Bertz CT molecular complexity index is 1060. The first-order chi connectivity index (χ1) is 16.4. The minimum absolute atomic E-state index is 0.0567. The average molecular weight is 465 g/mol. The lowest BCUT2D eigenvalue weighted by Crippen LogP contribution is -2.50. The molecule has 4 rings (SSSR count). The third-order valence-corrected chi connectivity index (χ3v) is 6.57. The molecule has 0 bridgehead atoms. The van der Waals surface area contributed by atoms with Crippen molar-refractivity contribution in [2.45, 2.75) is 26.2 Å². The van der Waals surface area contributed by atoms with Crippen LogP contribution in [0, 0.1) is 6.92 Å². The third kappa shape index (κ3) is 5.75. The summed E-state index contributed by atoms with van der Waals surface area (Å²) in [5.41, 5.74) is 2.57. The molecule has 2 amide bonds. The second-order valence-corrected chi connectivity index (χ2v) is 9.06. The number of hydrogen-bond donors (Lipinski definition) is 2. The van der Waals surface area contributed by atoms with Crippen molar-refractivity contribution in [3.63, 3.8) is 0 Å². The summed E-state index contributed by atoms with van der Waals surface area (Å²) in [6.07, 6.45) is 3.38. The molecule has 2 saturated heterocycles. The summed E-state index contributed by atoms with van der Waals surface area (Å²) in [4.78, 5) is 43.4. The first-order valence-electron chi connectivity index (χ1n) is 11.9. The topological polar surface area (TPSA) is 93.2 Å². The number of carbonyl (C=O) groups is 3. The van der Waals surface area contributed by atoms with Crippen molar-refractivity contribution in [1.82, 2.24) is 9.80 Å². The highest BCUT2D eigenvalue weighted by Gasteiger charge is 2.24. The largest absolute Gasteiger partial charge is 0.478 e. The lowest BCUT2D eigenvalue weighted by atomic mass is 10.1. The molecular weight excluding hydrogens is 432 g/mol. The van der Waals surface area contributed by atoms with E-state index in [-0.39, 0.29) is 23.1 Å². The molecule has 2 aliphatic rings. The Morgan fingerprint density at radius 3 is 2.32 bits per heavy atom. The lowest BCUT2D eigenvalue weighted by Gasteiger charge is -2.37. The number of nitrogens with zero attached hydrogens (tertiary/aromatic N) is 3. The molecule has 34 heavy (non-hydrogen) atoms. The van der Waals surface area contributed by atoms with Gasteiger partial charge in [0.2, 0.25) is 5.91 Å². The zero-order valence-electron chi connectivity index (χ0n) is 19.6. The van der Waals surface area contributed by atoms with Gasteiger partial charge in [0.1, 0.15) is 0 Å². The molecule has 0 aliphatic carbocycles. The standard InChI is InChI=1S/C26H32N4O4/c1-19-6-5-7-20(16-19)25(32)27-23-9-8-21(17-22(23)26(33)34)29-14-12-28(13-15-29)18-24(31)30-10-3-2-4-11-30/h5-9,16-17H,2-4,10-15,18H2,1H3,(H,27,32)(H,33,34). The zero-order chi connectivity index (χ0) is 24.1. The number of amides is 2. The van der Waals surface area contributed by atoms with Crippen LogP contribution in [0.4, 0.5) is 11.4 Å². The molecule has 2 aromatic rings. The summed E-state index contributed by atoms with van der Waals surface area (Å²) in [5, 5.41) is 12.5. The Kier molecular flexibility index (Phi) is 7.47. The number of hydrogen-bond acceptors (Lipinski definition) is 5. The number of anilines is 2. The van der Waals surface area contributed by atoms with Gasteiger partial charge in [0, 0.05) is 50.5 Å². The summed E-state index contributed by atoms with van der Waals surface area (Å²) in [5.74, 6) is -1.23. The van der Waals surface area contributed by atoms with Gasteiger partial charge < -0.3 is 20.2 Å². The highest BCUT2D eigenvalue weighted by atomic mass is 16.4. The number of aryl methyl sites for hydroxylation is 1. The highest BCUT2D eigenvalue weighted by molar-refractivity contribution is 6.08. The van der Waals surface area contributed by atoms with E-state index in [4.69, 9.17) is 0 Å². The zero-order valence-corrected chi connectivity index (χ0v) is 19.6. The second kappa shape index (κ2) is 10.7. The molecule has 0 spiro atoms. The van der Waals surface area contributed by atoms with Crippen molar-refractivity contribution >= 4 is 29.2 Å². The molecule has 0 saturated carbocycles. The van der Waals surface area contributed by atoms with Crippen LogP contribution in [0.1, 0.15) is 45.5 Å². The van der Waals surface area contributed by atoms with Gasteiger partial charge >= 0.3 is 5.97 Å². The van der Waals surface area contributed by atoms with E-state index in [0.29, 0.717) is 25.2 Å². The summed E-state index contributed by atoms with van der Waals surface area (Å²) in [6, 6.07) is 12.3. The van der Waals surface area contributed by atoms with Crippen LogP contribution in [-0.2, 0) is 4.79 Å². The minimum atomic E-state index is -1.09. The molecule has 0 aromatic heterocycles. The van der Waals surface area contributed by atoms with Crippen molar-refractivity contribution in [3.8, 4) is 0 Å². The Labute approximate surface area is 200 Å². The molecule has 8 heteroatoms. The first kappa shape index (κ1) is 23.8. The summed E-state index contributed by atoms with van der Waals surface area (Å²) < 4.78 is 0. The summed E-state index contributed by atoms with van der Waals surface area (Å²) >= 11 is 0. The Balaban J connectivity index is 1.38. The monoisotopic (exact) mass is 464 g/mol. The van der Waals surface area contributed by atoms with Crippen LogP contribution in [0.2, 0.25) is 0 Å². The molecular formula is C26H32N4O4. The average Bonchev–Trinajstić information content (AvgIpc) is 2.85. The number of aromatic carboxylic acids is 1. The van der Waals surface area contributed by atoms with E-state index in [0.717, 1.165) is 50.3 Å². The number of benzene rings is 2. The van der Waals surface area contributed by atoms with Gasteiger partial charge in [-0.3, -0.25) is 14.5 Å². The maximum absolute atomic E-state index is 12.6. The quantitative estimate of drug-likeness (QED) is 0.683. The highest BCUT2D eigenvalue weighted by Crippen LogP contribution is 2.25. The Hall–Kier alpha value is -3.39. The van der Waals surface area contributed by atoms with Crippen molar-refractivity contribution < 1.29 is 19.5 Å². The van der Waals surface area contributed by atoms with Crippen LogP contribution in [0.15, 0.2) is 42.5 Å². The molecule has 8 nitrogen and oxygen atoms in total. The summed E-state index contributed by atoms with van der Waals surface area (Å²) in [6.45, 7) is 6.98. The molecule has 0 atom stereocenters. The second-order valence-electron chi connectivity index (χ2n) is 9.06. The van der Waals surface area contributed by atoms with Crippen molar-refractivity contribution in [2.75, 3.05) is 56.0 Å². The van der Waals surface area contributed by atoms with Gasteiger partial charge in [-0.1, -0.05) is 17.7 Å². The fourth-order valence-corrected chi connectivity index (χ4v) is 4.59. The van der Waals surface area contributed by atoms with Crippen LogP contribution in [0.5, 0.6) is 0 Å². The Morgan fingerprint density at radius 1 is 0.912 bits per heavy atom. The van der Waals surface area contributed by atoms with E-state index in [1.165, 1.54) is 6.42 Å². The molecule has 0 radical (unpaired) electrons. The van der Waals surface area contributed by atoms with Gasteiger partial charge in [0.25, 0.3) is 5.91 Å². The number of nitrogens with one attached hydrogen (secondary N) is 1. The van der Waals surface area contributed by atoms with E-state index >= 15 is 0 Å². The number of carbonyl (C=O) groups excluding carboxylic acids is 2. The SMILES string of the molecule is Cc1cccc(C(=O)Nc2ccc(N3CCN(CC(=O)N4CCCCC4)CC3)cc2C(=O)O)c1. The fraction of sp³-hybridized carbons (Fsp3) is 0.423. The molecule has 0 unspecified atom stereocenters. The van der Waals surface area contributed by atoms with Crippen LogP contribution in [0.3, 0.4) is 0 Å². The molecule has 2 fully saturated rings. The normalized spacial score (nSPS) is 16.9. The van der Waals surface area contributed by atoms with Crippen LogP contribution in [0.25, 0.3) is 0 Å². The van der Waals surface area contributed by atoms with E-state index in [1.54, 1.807) is 30.3 Å². The predicted octanol–water partition coefficient (Wildman–Crippen LogP) is 3.08. The van der Waals surface area contributed by atoms with E-state index in [1.807, 2.05) is 24.0 Å². The molecule has 2 heterocycles. The molecule has 2 aliphatic heterocycles. The van der Waals surface area contributed by atoms with Gasteiger partial charge in [0.15, 0.2) is 0 Å².